The maximum absolute atomic E-state index is 5.65. The monoisotopic (exact) mass is 279 g/mol. The molecule has 0 unspecified atom stereocenters. The zero-order valence-electron chi connectivity index (χ0n) is 11.2. The van der Waals surface area contributed by atoms with Crippen molar-refractivity contribution in [3.05, 3.63) is 30.0 Å². The second kappa shape index (κ2) is 6.08. The minimum absolute atomic E-state index is 0.242. The van der Waals surface area contributed by atoms with Crippen LogP contribution in [0.1, 0.15) is 5.69 Å². The molecule has 2 aromatic rings. The predicted octanol–water partition coefficient (Wildman–Crippen LogP) is 2.82. The van der Waals surface area contributed by atoms with Crippen LogP contribution in [0.4, 0.5) is 5.69 Å². The topological polar surface area (TPSA) is 52.5 Å². The molecule has 1 aromatic heterocycles. The van der Waals surface area contributed by atoms with Crippen molar-refractivity contribution in [2.75, 3.05) is 19.6 Å². The van der Waals surface area contributed by atoms with E-state index in [9.17, 15) is 0 Å². The lowest BCUT2D eigenvalue weighted by Gasteiger charge is -2.07. The quantitative estimate of drug-likeness (QED) is 0.520. The highest BCUT2D eigenvalue weighted by Gasteiger charge is 2.06. The van der Waals surface area contributed by atoms with Gasteiger partial charge in [-0.1, -0.05) is 0 Å². The molecule has 4 nitrogen and oxygen atoms in total. The van der Waals surface area contributed by atoms with Crippen LogP contribution in [0.3, 0.4) is 0 Å². The van der Waals surface area contributed by atoms with E-state index in [1.165, 1.54) is 11.2 Å². The first-order valence-corrected chi connectivity index (χ1v) is 6.67. The van der Waals surface area contributed by atoms with Crippen LogP contribution in [-0.4, -0.2) is 30.0 Å². The van der Waals surface area contributed by atoms with Crippen LogP contribution in [0.5, 0.6) is 0 Å². The summed E-state index contributed by atoms with van der Waals surface area (Å²) < 4.78 is 7.37. The van der Waals surface area contributed by atoms with E-state index in [1.54, 1.807) is 7.11 Å². The first-order chi connectivity index (χ1) is 9.15. The van der Waals surface area contributed by atoms with Crippen molar-refractivity contribution >= 4 is 34.0 Å². The largest absolute Gasteiger partial charge is 0.386 e. The molecule has 19 heavy (non-hydrogen) atoms. The van der Waals surface area contributed by atoms with E-state index >= 15 is 0 Å². The second-order valence-electron chi connectivity index (χ2n) is 4.41. The van der Waals surface area contributed by atoms with Gasteiger partial charge in [-0.05, 0) is 31.2 Å². The van der Waals surface area contributed by atoms with Crippen molar-refractivity contribution in [2.24, 2.45) is 10.7 Å². The van der Waals surface area contributed by atoms with Gasteiger partial charge < -0.3 is 15.0 Å². The lowest BCUT2D eigenvalue weighted by molar-refractivity contribution is 0.188. The summed E-state index contributed by atoms with van der Waals surface area (Å²) in [5.74, 6) is 0.669. The maximum Gasteiger partial charge on any atom is 0.115 e. The third-order valence-corrected chi connectivity index (χ3v) is 3.29. The number of aliphatic imine (C=N–C) groups is 1. The number of benzene rings is 1. The minimum atomic E-state index is 0.242. The molecular formula is C14H18ClN3O. The molecule has 1 aromatic carbocycles. The van der Waals surface area contributed by atoms with Crippen LogP contribution in [0.15, 0.2) is 29.3 Å². The molecule has 2 N–H and O–H groups in total. The summed E-state index contributed by atoms with van der Waals surface area (Å²) in [7, 11) is 1.71. The van der Waals surface area contributed by atoms with Crippen molar-refractivity contribution in [2.45, 2.75) is 13.5 Å². The van der Waals surface area contributed by atoms with Gasteiger partial charge in [0.2, 0.25) is 0 Å². The molecule has 0 radical (unpaired) electrons. The number of hydrogen-bond acceptors (Lipinski definition) is 2. The highest BCUT2D eigenvalue weighted by Crippen LogP contribution is 2.24. The third-order valence-electron chi connectivity index (χ3n) is 3.02. The number of aromatic nitrogens is 1. The van der Waals surface area contributed by atoms with Gasteiger partial charge in [-0.15, -0.1) is 11.6 Å². The lowest BCUT2D eigenvalue weighted by Crippen LogP contribution is -2.12. The molecular weight excluding hydrogens is 262 g/mol. The average molecular weight is 280 g/mol. The summed E-state index contributed by atoms with van der Waals surface area (Å²) >= 11 is 5.63. The van der Waals surface area contributed by atoms with Crippen molar-refractivity contribution < 1.29 is 4.74 Å². The summed E-state index contributed by atoms with van der Waals surface area (Å²) in [4.78, 5) is 4.26. The van der Waals surface area contributed by atoms with Gasteiger partial charge in [0.15, 0.2) is 0 Å². The molecule has 1 heterocycles. The Labute approximate surface area is 117 Å². The Balaban J connectivity index is 2.40. The number of aryl methyl sites for hydroxylation is 1. The van der Waals surface area contributed by atoms with Gasteiger partial charge in [0.25, 0.3) is 0 Å². The number of alkyl halides is 1. The SMILES string of the molecule is COCCn1c(C)cc2cc(N=C(N)CCl)ccc21. The first-order valence-electron chi connectivity index (χ1n) is 6.13. The van der Waals surface area contributed by atoms with Gasteiger partial charge in [-0.2, -0.15) is 0 Å². The van der Waals surface area contributed by atoms with Gasteiger partial charge in [-0.3, -0.25) is 0 Å². The van der Waals surface area contributed by atoms with E-state index in [1.807, 2.05) is 12.1 Å². The van der Waals surface area contributed by atoms with Crippen LogP contribution >= 0.6 is 11.6 Å². The van der Waals surface area contributed by atoms with Gasteiger partial charge in [-0.25, -0.2) is 4.99 Å². The predicted molar refractivity (Wildman–Crippen MR) is 80.6 cm³/mol. The van der Waals surface area contributed by atoms with E-state index in [0.29, 0.717) is 12.4 Å². The molecule has 2 rings (SSSR count). The van der Waals surface area contributed by atoms with Crippen molar-refractivity contribution in [3.8, 4) is 0 Å². The Morgan fingerprint density at radius 2 is 2.21 bits per heavy atom. The second-order valence-corrected chi connectivity index (χ2v) is 4.68. The summed E-state index contributed by atoms with van der Waals surface area (Å²) in [5.41, 5.74) is 8.86. The molecule has 0 amide bonds. The molecule has 0 fully saturated rings. The molecule has 102 valence electrons. The molecule has 0 aliphatic heterocycles. The Morgan fingerprint density at radius 3 is 2.89 bits per heavy atom. The number of ether oxygens (including phenoxy) is 1. The molecule has 0 aliphatic rings. The number of nitrogens with two attached hydrogens (primary N) is 1. The molecule has 0 saturated heterocycles. The number of hydrogen-bond donors (Lipinski definition) is 1. The Bertz CT molecular complexity index is 604. The summed E-state index contributed by atoms with van der Waals surface area (Å²) in [5, 5.41) is 1.15. The average Bonchev–Trinajstić information content (AvgIpc) is 2.71. The fourth-order valence-corrected chi connectivity index (χ4v) is 2.20. The zero-order valence-corrected chi connectivity index (χ0v) is 11.9. The Hall–Kier alpha value is -1.52. The molecule has 0 atom stereocenters. The van der Waals surface area contributed by atoms with Crippen LogP contribution in [0.2, 0.25) is 0 Å². The molecule has 0 aliphatic carbocycles. The highest BCUT2D eigenvalue weighted by atomic mass is 35.5. The third kappa shape index (κ3) is 3.08. The summed E-state index contributed by atoms with van der Waals surface area (Å²) in [6, 6.07) is 8.16. The van der Waals surface area contributed by atoms with Crippen LogP contribution in [-0.2, 0) is 11.3 Å². The minimum Gasteiger partial charge on any atom is -0.386 e. The number of halogens is 1. The molecule has 5 heteroatoms. The Morgan fingerprint density at radius 1 is 1.42 bits per heavy atom. The maximum atomic E-state index is 5.65. The van der Waals surface area contributed by atoms with Crippen LogP contribution in [0.25, 0.3) is 10.9 Å². The standard InChI is InChI=1S/C14H18ClN3O/c1-10-7-11-8-12(17-14(16)9-15)3-4-13(11)18(10)5-6-19-2/h3-4,7-8H,5-6,9H2,1-2H3,(H2,16,17). The number of rotatable bonds is 5. The number of methoxy groups -OCH3 is 1. The molecule has 0 saturated carbocycles. The van der Waals surface area contributed by atoms with E-state index in [0.717, 1.165) is 17.6 Å². The number of nitrogens with zero attached hydrogens (tertiary/aromatic N) is 2. The number of fused-ring (bicyclic) bond motifs is 1. The smallest absolute Gasteiger partial charge is 0.115 e. The van der Waals surface area contributed by atoms with Crippen molar-refractivity contribution in [1.29, 1.82) is 0 Å². The Kier molecular flexibility index (Phi) is 4.45. The van der Waals surface area contributed by atoms with Gasteiger partial charge in [0, 0.05) is 30.3 Å². The molecule has 0 spiro atoms. The normalized spacial score (nSPS) is 12.3. The van der Waals surface area contributed by atoms with Gasteiger partial charge >= 0.3 is 0 Å². The van der Waals surface area contributed by atoms with Crippen LogP contribution < -0.4 is 5.73 Å². The summed E-state index contributed by atoms with van der Waals surface area (Å²) in [6.45, 7) is 3.63. The van der Waals surface area contributed by atoms with E-state index in [2.05, 4.69) is 28.6 Å². The van der Waals surface area contributed by atoms with Gasteiger partial charge in [0.1, 0.15) is 5.84 Å². The summed E-state index contributed by atoms with van der Waals surface area (Å²) in [6.07, 6.45) is 0. The van der Waals surface area contributed by atoms with Gasteiger partial charge in [0.05, 0.1) is 18.2 Å². The van der Waals surface area contributed by atoms with Crippen LogP contribution in [0, 0.1) is 6.92 Å². The fourth-order valence-electron chi connectivity index (χ4n) is 2.14. The number of amidine groups is 1. The lowest BCUT2D eigenvalue weighted by atomic mass is 10.2. The van der Waals surface area contributed by atoms with Crippen molar-refractivity contribution in [3.63, 3.8) is 0 Å². The molecule has 0 bridgehead atoms. The van der Waals surface area contributed by atoms with Crippen molar-refractivity contribution in [1.82, 2.24) is 4.57 Å². The van der Waals surface area contributed by atoms with E-state index < -0.39 is 0 Å². The van der Waals surface area contributed by atoms with E-state index in [-0.39, 0.29) is 5.88 Å². The fraction of sp³-hybridized carbons (Fsp3) is 0.357. The van der Waals surface area contributed by atoms with E-state index in [4.69, 9.17) is 22.1 Å². The highest BCUT2D eigenvalue weighted by molar-refractivity contribution is 6.28. The first kappa shape index (κ1) is 13.9. The zero-order chi connectivity index (χ0) is 13.8.